The Labute approximate surface area is 107 Å². The van der Waals surface area contributed by atoms with Crippen LogP contribution in [0, 0.1) is 25.7 Å². The zero-order valence-electron chi connectivity index (χ0n) is 10.9. The van der Waals surface area contributed by atoms with Crippen molar-refractivity contribution >= 4 is 22.4 Å². The number of nitrogens with zero attached hydrogens (tertiary/aromatic N) is 1. The predicted molar refractivity (Wildman–Crippen MR) is 72.2 cm³/mol. The van der Waals surface area contributed by atoms with Crippen molar-refractivity contribution in [1.82, 2.24) is 4.98 Å². The Morgan fingerprint density at radius 1 is 1.47 bits per heavy atom. The molecule has 4 nitrogen and oxygen atoms in total. The number of nitrogens with two attached hydrogens (primary N) is 1. The van der Waals surface area contributed by atoms with Crippen LogP contribution in [-0.4, -0.2) is 17.4 Å². The summed E-state index contributed by atoms with van der Waals surface area (Å²) in [5.41, 5.74) is 6.60. The number of nitrogens with one attached hydrogen (secondary N) is 1. The number of aromatic nitrogens is 1. The highest BCUT2D eigenvalue weighted by Gasteiger charge is 2.19. The van der Waals surface area contributed by atoms with Gasteiger partial charge in [-0.05, 0) is 26.2 Å². The fourth-order valence-corrected chi connectivity index (χ4v) is 2.43. The van der Waals surface area contributed by atoms with Gasteiger partial charge in [-0.2, -0.15) is 0 Å². The number of hydrogen-bond donors (Lipinski definition) is 2. The molecule has 0 bridgehead atoms. The fraction of sp³-hybridized carbons (Fsp3) is 0.667. The summed E-state index contributed by atoms with van der Waals surface area (Å²) in [6, 6.07) is 0. The van der Waals surface area contributed by atoms with E-state index in [0.29, 0.717) is 17.6 Å². The zero-order chi connectivity index (χ0) is 13.0. The van der Waals surface area contributed by atoms with Gasteiger partial charge in [-0.25, -0.2) is 4.98 Å². The first kappa shape index (κ1) is 14.1. The molecule has 1 aromatic heterocycles. The van der Waals surface area contributed by atoms with Crippen LogP contribution >= 0.6 is 11.3 Å². The SMILES string of the molecule is Cc1nc(NC(=O)C(CN)CC(C)C)sc1C. The monoisotopic (exact) mass is 255 g/mol. The molecule has 0 fully saturated rings. The molecule has 1 heterocycles. The van der Waals surface area contributed by atoms with Crippen molar-refractivity contribution in [2.45, 2.75) is 34.1 Å². The lowest BCUT2D eigenvalue weighted by molar-refractivity contribution is -0.120. The predicted octanol–water partition coefficient (Wildman–Crippen LogP) is 2.32. The molecule has 1 atom stereocenters. The van der Waals surface area contributed by atoms with E-state index in [1.807, 2.05) is 13.8 Å². The molecule has 1 amide bonds. The topological polar surface area (TPSA) is 68.0 Å². The molecular formula is C12H21N3OS. The summed E-state index contributed by atoms with van der Waals surface area (Å²) in [7, 11) is 0. The number of carbonyl (C=O) groups is 1. The number of rotatable bonds is 5. The lowest BCUT2D eigenvalue weighted by Crippen LogP contribution is -2.30. The van der Waals surface area contributed by atoms with E-state index < -0.39 is 0 Å². The molecular weight excluding hydrogens is 234 g/mol. The second kappa shape index (κ2) is 6.12. The largest absolute Gasteiger partial charge is 0.330 e. The number of carbonyl (C=O) groups excluding carboxylic acids is 1. The molecule has 0 spiro atoms. The molecule has 0 aliphatic carbocycles. The zero-order valence-corrected chi connectivity index (χ0v) is 11.7. The molecule has 1 rings (SSSR count). The number of hydrogen-bond acceptors (Lipinski definition) is 4. The van der Waals surface area contributed by atoms with E-state index in [-0.39, 0.29) is 11.8 Å². The van der Waals surface area contributed by atoms with Crippen LogP contribution in [-0.2, 0) is 4.79 Å². The molecule has 96 valence electrons. The van der Waals surface area contributed by atoms with E-state index in [1.165, 1.54) is 11.3 Å². The quantitative estimate of drug-likeness (QED) is 0.848. The normalized spacial score (nSPS) is 12.8. The average Bonchev–Trinajstić information content (AvgIpc) is 2.54. The molecule has 0 saturated heterocycles. The van der Waals surface area contributed by atoms with Crippen LogP contribution in [0.1, 0.15) is 30.8 Å². The molecule has 3 N–H and O–H groups in total. The van der Waals surface area contributed by atoms with Gasteiger partial charge in [0.15, 0.2) is 5.13 Å². The third-order valence-corrected chi connectivity index (χ3v) is 3.66. The van der Waals surface area contributed by atoms with Crippen LogP contribution in [0.3, 0.4) is 0 Å². The van der Waals surface area contributed by atoms with Crippen LogP contribution in [0.4, 0.5) is 5.13 Å². The van der Waals surface area contributed by atoms with Gasteiger partial charge in [-0.3, -0.25) is 4.79 Å². The molecule has 0 aliphatic rings. The maximum absolute atomic E-state index is 12.0. The van der Waals surface area contributed by atoms with E-state index >= 15 is 0 Å². The summed E-state index contributed by atoms with van der Waals surface area (Å²) < 4.78 is 0. The second-order valence-electron chi connectivity index (χ2n) is 4.71. The van der Waals surface area contributed by atoms with E-state index in [4.69, 9.17) is 5.73 Å². The maximum Gasteiger partial charge on any atom is 0.230 e. The van der Waals surface area contributed by atoms with Gasteiger partial charge in [-0.1, -0.05) is 13.8 Å². The van der Waals surface area contributed by atoms with Gasteiger partial charge in [0.1, 0.15) is 0 Å². The molecule has 1 unspecified atom stereocenters. The van der Waals surface area contributed by atoms with Gasteiger partial charge in [0.25, 0.3) is 0 Å². The van der Waals surface area contributed by atoms with Gasteiger partial charge < -0.3 is 11.1 Å². The van der Waals surface area contributed by atoms with Crippen molar-refractivity contribution in [2.24, 2.45) is 17.6 Å². The standard InChI is InChI=1S/C12H21N3OS/c1-7(2)5-10(6-13)11(16)15-12-14-8(3)9(4)17-12/h7,10H,5-6,13H2,1-4H3,(H,14,15,16). The van der Waals surface area contributed by atoms with Gasteiger partial charge in [-0.15, -0.1) is 11.3 Å². The van der Waals surface area contributed by atoms with Crippen LogP contribution in [0.5, 0.6) is 0 Å². The first-order valence-electron chi connectivity index (χ1n) is 5.89. The summed E-state index contributed by atoms with van der Waals surface area (Å²) in [4.78, 5) is 17.4. The van der Waals surface area contributed by atoms with E-state index in [1.54, 1.807) is 0 Å². The van der Waals surface area contributed by atoms with E-state index in [2.05, 4.69) is 24.1 Å². The summed E-state index contributed by atoms with van der Waals surface area (Å²) in [5.74, 6) is 0.323. The van der Waals surface area contributed by atoms with E-state index in [0.717, 1.165) is 17.0 Å². The lowest BCUT2D eigenvalue weighted by Gasteiger charge is -2.15. The van der Waals surface area contributed by atoms with Crippen molar-refractivity contribution in [3.05, 3.63) is 10.6 Å². The maximum atomic E-state index is 12.0. The molecule has 1 aromatic rings. The summed E-state index contributed by atoms with van der Waals surface area (Å²) in [6.45, 7) is 8.50. The Hall–Kier alpha value is -0.940. The van der Waals surface area contributed by atoms with Crippen molar-refractivity contribution in [1.29, 1.82) is 0 Å². The fourth-order valence-electron chi connectivity index (χ4n) is 1.61. The van der Waals surface area contributed by atoms with Gasteiger partial charge in [0.05, 0.1) is 11.6 Å². The highest BCUT2D eigenvalue weighted by atomic mass is 32.1. The Kier molecular flexibility index (Phi) is 5.08. The number of amides is 1. The summed E-state index contributed by atoms with van der Waals surface area (Å²) >= 11 is 1.51. The number of thiazole rings is 1. The van der Waals surface area contributed by atoms with Crippen LogP contribution < -0.4 is 11.1 Å². The molecule has 0 radical (unpaired) electrons. The Morgan fingerprint density at radius 2 is 2.12 bits per heavy atom. The Balaban J connectivity index is 2.63. The third-order valence-electron chi connectivity index (χ3n) is 2.67. The van der Waals surface area contributed by atoms with Crippen LogP contribution in [0.2, 0.25) is 0 Å². The second-order valence-corrected chi connectivity index (χ2v) is 5.92. The highest BCUT2D eigenvalue weighted by Crippen LogP contribution is 2.22. The third kappa shape index (κ3) is 4.09. The molecule has 17 heavy (non-hydrogen) atoms. The number of aryl methyl sites for hydroxylation is 2. The molecule has 0 saturated carbocycles. The smallest absolute Gasteiger partial charge is 0.230 e. The highest BCUT2D eigenvalue weighted by molar-refractivity contribution is 7.15. The first-order chi connectivity index (χ1) is 7.93. The van der Waals surface area contributed by atoms with Crippen molar-refractivity contribution in [3.63, 3.8) is 0 Å². The minimum absolute atomic E-state index is 0.0186. The average molecular weight is 255 g/mol. The molecule has 5 heteroatoms. The van der Waals surface area contributed by atoms with E-state index in [9.17, 15) is 4.79 Å². The van der Waals surface area contributed by atoms with Crippen LogP contribution in [0.15, 0.2) is 0 Å². The lowest BCUT2D eigenvalue weighted by atomic mass is 9.96. The van der Waals surface area contributed by atoms with Gasteiger partial charge in [0, 0.05) is 11.4 Å². The van der Waals surface area contributed by atoms with Crippen molar-refractivity contribution in [3.8, 4) is 0 Å². The molecule has 0 aromatic carbocycles. The van der Waals surface area contributed by atoms with Crippen molar-refractivity contribution < 1.29 is 4.79 Å². The van der Waals surface area contributed by atoms with Crippen LogP contribution in [0.25, 0.3) is 0 Å². The number of anilines is 1. The molecule has 0 aliphatic heterocycles. The van der Waals surface area contributed by atoms with Gasteiger partial charge >= 0.3 is 0 Å². The minimum atomic E-state index is -0.125. The summed E-state index contributed by atoms with van der Waals surface area (Å²) in [6.07, 6.45) is 0.811. The van der Waals surface area contributed by atoms with Crippen molar-refractivity contribution in [2.75, 3.05) is 11.9 Å². The minimum Gasteiger partial charge on any atom is -0.330 e. The van der Waals surface area contributed by atoms with Gasteiger partial charge in [0.2, 0.25) is 5.91 Å². The summed E-state index contributed by atoms with van der Waals surface area (Å²) in [5, 5.41) is 3.52. The Morgan fingerprint density at radius 3 is 2.53 bits per heavy atom. The first-order valence-corrected chi connectivity index (χ1v) is 6.70. The Bertz CT molecular complexity index is 368.